The van der Waals surface area contributed by atoms with Gasteiger partial charge in [-0.1, -0.05) is 11.6 Å². The molecule has 1 aromatic heterocycles. The molecule has 1 saturated carbocycles. The minimum absolute atomic E-state index is 0.0212. The zero-order valence-electron chi connectivity index (χ0n) is 12.4. The highest BCUT2D eigenvalue weighted by Crippen LogP contribution is 2.30. The van der Waals surface area contributed by atoms with Crippen molar-refractivity contribution in [2.75, 3.05) is 25.1 Å². The molecule has 0 spiro atoms. The molecule has 126 valence electrons. The van der Waals surface area contributed by atoms with Crippen LogP contribution in [0.1, 0.15) is 12.8 Å². The van der Waals surface area contributed by atoms with Gasteiger partial charge in [-0.2, -0.15) is 0 Å². The predicted octanol–water partition coefficient (Wildman–Crippen LogP) is 0.587. The van der Waals surface area contributed by atoms with Crippen molar-refractivity contribution in [3.05, 3.63) is 21.7 Å². The minimum Gasteiger partial charge on any atom is -0.480 e. The Balaban J connectivity index is 1.71. The summed E-state index contributed by atoms with van der Waals surface area (Å²) < 4.78 is 12.2. The van der Waals surface area contributed by atoms with E-state index in [4.69, 9.17) is 26.2 Å². The van der Waals surface area contributed by atoms with Gasteiger partial charge >= 0.3 is 5.97 Å². The highest BCUT2D eigenvalue weighted by Gasteiger charge is 2.32. The molecule has 1 aliphatic carbocycles. The highest BCUT2D eigenvalue weighted by atomic mass is 35.5. The molecule has 0 bridgehead atoms. The second kappa shape index (κ2) is 6.86. The van der Waals surface area contributed by atoms with Crippen LogP contribution >= 0.6 is 11.6 Å². The third kappa shape index (κ3) is 4.01. The van der Waals surface area contributed by atoms with Gasteiger partial charge in [-0.3, -0.25) is 14.2 Å². The van der Waals surface area contributed by atoms with Crippen molar-refractivity contribution in [1.29, 1.82) is 0 Å². The Morgan fingerprint density at radius 2 is 2.30 bits per heavy atom. The molecule has 2 heterocycles. The van der Waals surface area contributed by atoms with E-state index < -0.39 is 18.1 Å². The van der Waals surface area contributed by atoms with E-state index in [1.807, 2.05) is 0 Å². The molecule has 2 fully saturated rings. The van der Waals surface area contributed by atoms with E-state index in [0.717, 1.165) is 4.57 Å². The van der Waals surface area contributed by atoms with Crippen molar-refractivity contribution in [2.45, 2.75) is 31.5 Å². The Labute approximate surface area is 137 Å². The lowest BCUT2D eigenvalue weighted by Gasteiger charge is -2.20. The molecule has 1 aliphatic heterocycles. The number of hydrogen-bond donors (Lipinski definition) is 2. The van der Waals surface area contributed by atoms with Crippen LogP contribution in [0.25, 0.3) is 0 Å². The van der Waals surface area contributed by atoms with Gasteiger partial charge in [0.2, 0.25) is 0 Å². The molecule has 0 aromatic carbocycles. The molecule has 2 atom stereocenters. The van der Waals surface area contributed by atoms with Crippen LogP contribution in [0.4, 0.5) is 5.82 Å². The van der Waals surface area contributed by atoms with Crippen LogP contribution in [0.15, 0.2) is 11.0 Å². The topological polar surface area (TPSA) is 103 Å². The number of halogens is 1. The van der Waals surface area contributed by atoms with E-state index >= 15 is 0 Å². The van der Waals surface area contributed by atoms with Crippen LogP contribution in [0, 0.1) is 5.92 Å². The summed E-state index contributed by atoms with van der Waals surface area (Å²) in [6, 6.07) is -0.201. The van der Waals surface area contributed by atoms with E-state index in [0.29, 0.717) is 25.7 Å². The number of rotatable bonds is 7. The number of carboxylic acid groups (broad SMARTS) is 1. The lowest BCUT2D eigenvalue weighted by atomic mass is 10.2. The maximum Gasteiger partial charge on any atom is 0.323 e. The fourth-order valence-corrected chi connectivity index (χ4v) is 2.59. The smallest absolute Gasteiger partial charge is 0.323 e. The van der Waals surface area contributed by atoms with E-state index in [-0.39, 0.29) is 23.1 Å². The second-order valence-corrected chi connectivity index (χ2v) is 6.21. The van der Waals surface area contributed by atoms with E-state index in [1.54, 1.807) is 0 Å². The van der Waals surface area contributed by atoms with E-state index in [1.165, 1.54) is 19.0 Å². The molecule has 8 nitrogen and oxygen atoms in total. The molecular formula is C14H18ClN3O5. The Kier molecular flexibility index (Phi) is 4.84. The van der Waals surface area contributed by atoms with Gasteiger partial charge in [0.25, 0.3) is 5.56 Å². The number of aliphatic carboxylic acids is 1. The number of aromatic nitrogens is 2. The van der Waals surface area contributed by atoms with Gasteiger partial charge in [0, 0.05) is 6.61 Å². The standard InChI is InChI=1S/C14H18ClN3O5/c15-11-3-16-13(14(21)18(11)4-12(19)20)17-9-6-22-7-10(9)23-5-8-1-2-8/h3,8-10H,1-2,4-7H2,(H,16,17)(H,19,20)/t9-,10-/m1/s1. The van der Waals surface area contributed by atoms with Crippen LogP contribution in [0.2, 0.25) is 5.15 Å². The maximum absolute atomic E-state index is 12.3. The van der Waals surface area contributed by atoms with Crippen molar-refractivity contribution in [2.24, 2.45) is 5.92 Å². The fraction of sp³-hybridized carbons (Fsp3) is 0.643. The summed E-state index contributed by atoms with van der Waals surface area (Å²) in [5.41, 5.74) is -0.576. The number of nitrogens with zero attached hydrogens (tertiary/aromatic N) is 2. The molecule has 0 amide bonds. The summed E-state index contributed by atoms with van der Waals surface area (Å²) in [5, 5.41) is 11.8. The molecule has 1 saturated heterocycles. The molecule has 1 aromatic rings. The SMILES string of the molecule is O=C(O)Cn1c(Cl)cnc(N[C@@H]2COC[C@H]2OCC2CC2)c1=O. The normalized spacial score (nSPS) is 23.9. The van der Waals surface area contributed by atoms with Gasteiger partial charge in [0.05, 0.1) is 25.5 Å². The summed E-state index contributed by atoms with van der Waals surface area (Å²) in [6.07, 6.45) is 3.50. The monoisotopic (exact) mass is 343 g/mol. The van der Waals surface area contributed by atoms with Crippen molar-refractivity contribution in [3.8, 4) is 0 Å². The number of nitrogens with one attached hydrogen (secondary N) is 1. The summed E-state index contributed by atoms with van der Waals surface area (Å²) in [6.45, 7) is 1.04. The zero-order valence-corrected chi connectivity index (χ0v) is 13.2. The average Bonchev–Trinajstić information content (AvgIpc) is 3.23. The van der Waals surface area contributed by atoms with E-state index in [2.05, 4.69) is 10.3 Å². The quantitative estimate of drug-likeness (QED) is 0.746. The van der Waals surface area contributed by atoms with Crippen molar-refractivity contribution in [3.63, 3.8) is 0 Å². The lowest BCUT2D eigenvalue weighted by Crippen LogP contribution is -2.38. The number of hydrogen-bond acceptors (Lipinski definition) is 6. The zero-order chi connectivity index (χ0) is 16.4. The van der Waals surface area contributed by atoms with Crippen LogP contribution in [0.5, 0.6) is 0 Å². The van der Waals surface area contributed by atoms with Gasteiger partial charge in [0.1, 0.15) is 17.8 Å². The fourth-order valence-electron chi connectivity index (χ4n) is 2.40. The first-order valence-corrected chi connectivity index (χ1v) is 7.85. The number of anilines is 1. The van der Waals surface area contributed by atoms with E-state index in [9.17, 15) is 9.59 Å². The first kappa shape index (κ1) is 16.2. The van der Waals surface area contributed by atoms with Crippen LogP contribution in [0.3, 0.4) is 0 Å². The van der Waals surface area contributed by atoms with Gasteiger partial charge in [-0.05, 0) is 18.8 Å². The van der Waals surface area contributed by atoms with Gasteiger partial charge < -0.3 is 19.9 Å². The summed E-state index contributed by atoms with van der Waals surface area (Å²) in [4.78, 5) is 27.1. The Morgan fingerprint density at radius 1 is 1.52 bits per heavy atom. The average molecular weight is 344 g/mol. The Bertz CT molecular complexity index is 646. The minimum atomic E-state index is -1.15. The molecule has 0 radical (unpaired) electrons. The maximum atomic E-state index is 12.3. The molecular weight excluding hydrogens is 326 g/mol. The number of carboxylic acids is 1. The summed E-state index contributed by atoms with van der Waals surface area (Å²) in [7, 11) is 0. The Hall–Kier alpha value is -1.64. The molecule has 9 heteroatoms. The second-order valence-electron chi connectivity index (χ2n) is 5.82. The van der Waals surface area contributed by atoms with Crippen molar-refractivity contribution < 1.29 is 19.4 Å². The molecule has 0 unspecified atom stereocenters. The molecule has 2 aliphatic rings. The highest BCUT2D eigenvalue weighted by molar-refractivity contribution is 6.29. The number of carbonyl (C=O) groups is 1. The third-order valence-electron chi connectivity index (χ3n) is 3.89. The largest absolute Gasteiger partial charge is 0.480 e. The molecule has 23 heavy (non-hydrogen) atoms. The number of ether oxygens (including phenoxy) is 2. The Morgan fingerprint density at radius 3 is 3.00 bits per heavy atom. The van der Waals surface area contributed by atoms with Crippen LogP contribution in [-0.2, 0) is 20.8 Å². The van der Waals surface area contributed by atoms with Crippen LogP contribution < -0.4 is 10.9 Å². The molecule has 2 N–H and O–H groups in total. The van der Waals surface area contributed by atoms with Gasteiger partial charge in [-0.25, -0.2) is 4.98 Å². The summed E-state index contributed by atoms with van der Waals surface area (Å²) >= 11 is 5.84. The van der Waals surface area contributed by atoms with Crippen molar-refractivity contribution in [1.82, 2.24) is 9.55 Å². The molecule has 3 rings (SSSR count). The summed E-state index contributed by atoms with van der Waals surface area (Å²) in [5.74, 6) is -0.468. The van der Waals surface area contributed by atoms with Gasteiger partial charge in [-0.15, -0.1) is 0 Å². The third-order valence-corrected chi connectivity index (χ3v) is 4.19. The van der Waals surface area contributed by atoms with Crippen LogP contribution in [-0.4, -0.2) is 52.6 Å². The first-order chi connectivity index (χ1) is 11.0. The lowest BCUT2D eigenvalue weighted by molar-refractivity contribution is -0.137. The van der Waals surface area contributed by atoms with Crippen molar-refractivity contribution >= 4 is 23.4 Å². The predicted molar refractivity (Wildman–Crippen MR) is 81.8 cm³/mol. The first-order valence-electron chi connectivity index (χ1n) is 7.47. The van der Waals surface area contributed by atoms with Gasteiger partial charge in [0.15, 0.2) is 5.82 Å².